The Morgan fingerprint density at radius 3 is 2.54 bits per heavy atom. The second-order valence-corrected chi connectivity index (χ2v) is 7.51. The van der Waals surface area contributed by atoms with Gasteiger partial charge in [0.15, 0.2) is 5.11 Å². The molecule has 0 atom stereocenters. The molecule has 4 N–H and O–H groups in total. The van der Waals surface area contributed by atoms with E-state index in [-0.39, 0.29) is 17.4 Å². The van der Waals surface area contributed by atoms with Gasteiger partial charge in [-0.2, -0.15) is 0 Å². The summed E-state index contributed by atoms with van der Waals surface area (Å²) in [5.74, 6) is 0.113. The predicted molar refractivity (Wildman–Crippen MR) is 120 cm³/mol. The summed E-state index contributed by atoms with van der Waals surface area (Å²) in [5.41, 5.74) is 4.78. The van der Waals surface area contributed by atoms with E-state index < -0.39 is 0 Å². The number of aromatic nitrogens is 1. The minimum atomic E-state index is -0.0466. The molecule has 0 radical (unpaired) electrons. The lowest BCUT2D eigenvalue weighted by Crippen LogP contribution is -2.36. The minimum absolute atomic E-state index is 0.0466. The van der Waals surface area contributed by atoms with Gasteiger partial charge >= 0.3 is 0 Å². The van der Waals surface area contributed by atoms with Gasteiger partial charge in [0.1, 0.15) is 11.5 Å². The Kier molecular flexibility index (Phi) is 5.34. The van der Waals surface area contributed by atoms with E-state index in [4.69, 9.17) is 12.2 Å². The van der Waals surface area contributed by atoms with Crippen LogP contribution in [-0.4, -0.2) is 27.4 Å². The molecule has 0 aliphatic heterocycles. The van der Waals surface area contributed by atoms with Crippen LogP contribution in [0, 0.1) is 6.92 Å². The number of benzene rings is 2. The number of rotatable bonds is 4. The minimum Gasteiger partial charge on any atom is -0.508 e. The predicted octanol–water partition coefficient (Wildman–Crippen LogP) is 4.99. The van der Waals surface area contributed by atoms with Crippen molar-refractivity contribution in [3.05, 3.63) is 59.8 Å². The third kappa shape index (κ3) is 3.43. The van der Waals surface area contributed by atoms with Crippen molar-refractivity contribution in [3.8, 4) is 11.5 Å². The van der Waals surface area contributed by atoms with E-state index in [0.717, 1.165) is 27.7 Å². The van der Waals surface area contributed by atoms with Gasteiger partial charge in [-0.15, -0.1) is 0 Å². The maximum absolute atomic E-state index is 10.5. The lowest BCUT2D eigenvalue weighted by molar-refractivity contribution is 0.443. The fourth-order valence-corrected chi connectivity index (χ4v) is 3.52. The summed E-state index contributed by atoms with van der Waals surface area (Å²) in [6.45, 7) is 10.2. The van der Waals surface area contributed by atoms with Crippen LogP contribution in [0.4, 0.5) is 5.69 Å². The molecule has 0 saturated carbocycles. The number of aryl methyl sites for hydroxylation is 1. The SMILES string of the molecule is C=C(c1cc(C(C)C)c(O)cc1O)N(C(=S)NC)c1ccc2[nH]cc(C)c2c1. The summed E-state index contributed by atoms with van der Waals surface area (Å²) in [6.07, 6.45) is 1.96. The molecule has 1 aromatic heterocycles. The molecule has 0 aliphatic rings. The molecule has 3 aromatic rings. The molecule has 0 fully saturated rings. The van der Waals surface area contributed by atoms with Crippen molar-refractivity contribution in [2.75, 3.05) is 11.9 Å². The van der Waals surface area contributed by atoms with Crippen molar-refractivity contribution in [2.24, 2.45) is 0 Å². The number of hydrogen-bond acceptors (Lipinski definition) is 3. The Balaban J connectivity index is 2.14. The van der Waals surface area contributed by atoms with E-state index in [2.05, 4.69) is 16.9 Å². The number of phenols is 2. The molecule has 5 nitrogen and oxygen atoms in total. The van der Waals surface area contributed by atoms with E-state index in [1.807, 2.05) is 45.2 Å². The highest BCUT2D eigenvalue weighted by Crippen LogP contribution is 2.38. The smallest absolute Gasteiger partial charge is 0.177 e. The molecule has 0 spiro atoms. The molecule has 0 saturated heterocycles. The Morgan fingerprint density at radius 1 is 1.18 bits per heavy atom. The van der Waals surface area contributed by atoms with E-state index in [0.29, 0.717) is 16.4 Å². The van der Waals surface area contributed by atoms with Crippen LogP contribution >= 0.6 is 12.2 Å². The lowest BCUT2D eigenvalue weighted by Gasteiger charge is -2.28. The van der Waals surface area contributed by atoms with Crippen molar-refractivity contribution in [1.29, 1.82) is 0 Å². The number of anilines is 1. The number of hydrogen-bond donors (Lipinski definition) is 4. The van der Waals surface area contributed by atoms with Gasteiger partial charge in [0.25, 0.3) is 0 Å². The molecule has 1 heterocycles. The molecule has 0 bridgehead atoms. The van der Waals surface area contributed by atoms with Crippen molar-refractivity contribution in [2.45, 2.75) is 26.7 Å². The van der Waals surface area contributed by atoms with Gasteiger partial charge in [-0.25, -0.2) is 0 Å². The lowest BCUT2D eigenvalue weighted by atomic mass is 9.97. The number of nitrogens with one attached hydrogen (secondary N) is 2. The molecule has 0 aliphatic carbocycles. The maximum Gasteiger partial charge on any atom is 0.177 e. The van der Waals surface area contributed by atoms with Crippen LogP contribution in [-0.2, 0) is 0 Å². The summed E-state index contributed by atoms with van der Waals surface area (Å²) in [7, 11) is 1.75. The molecule has 3 rings (SSSR count). The highest BCUT2D eigenvalue weighted by Gasteiger charge is 2.21. The van der Waals surface area contributed by atoms with Gasteiger partial charge in [-0.1, -0.05) is 20.4 Å². The van der Waals surface area contributed by atoms with Gasteiger partial charge in [-0.05, 0) is 60.5 Å². The van der Waals surface area contributed by atoms with Crippen molar-refractivity contribution >= 4 is 39.6 Å². The Bertz CT molecular complexity index is 1070. The highest BCUT2D eigenvalue weighted by molar-refractivity contribution is 7.80. The summed E-state index contributed by atoms with van der Waals surface area (Å²) >= 11 is 5.54. The quantitative estimate of drug-likeness (QED) is 0.468. The maximum atomic E-state index is 10.5. The average Bonchev–Trinajstić information content (AvgIpc) is 3.02. The zero-order chi connectivity index (χ0) is 20.6. The molecule has 6 heteroatoms. The third-order valence-electron chi connectivity index (χ3n) is 4.90. The summed E-state index contributed by atoms with van der Waals surface area (Å²) in [6, 6.07) is 9.11. The molecule has 146 valence electrons. The van der Waals surface area contributed by atoms with E-state index >= 15 is 0 Å². The standard InChI is InChI=1S/C22H25N3O2S/c1-12(2)16-9-18(21(27)10-20(16)26)14(4)25(22(28)23-5)15-6-7-19-17(8-15)13(3)11-24-19/h6-12,24,26-27H,4H2,1-3,5H3,(H,23,28). The van der Waals surface area contributed by atoms with Crippen molar-refractivity contribution in [1.82, 2.24) is 10.3 Å². The van der Waals surface area contributed by atoms with Crippen LogP contribution in [0.25, 0.3) is 16.6 Å². The number of H-pyrrole nitrogens is 1. The number of thiocarbonyl (C=S) groups is 1. The molecular formula is C22H25N3O2S. The first-order valence-electron chi connectivity index (χ1n) is 9.09. The van der Waals surface area contributed by atoms with Crippen molar-refractivity contribution in [3.63, 3.8) is 0 Å². The third-order valence-corrected chi connectivity index (χ3v) is 5.28. The highest BCUT2D eigenvalue weighted by atomic mass is 32.1. The topological polar surface area (TPSA) is 71.5 Å². The number of phenolic OH excluding ortho intramolecular Hbond substituents is 2. The van der Waals surface area contributed by atoms with Crippen LogP contribution in [0.5, 0.6) is 11.5 Å². The van der Waals surface area contributed by atoms with Crippen molar-refractivity contribution < 1.29 is 10.2 Å². The fourth-order valence-electron chi connectivity index (χ4n) is 3.30. The Morgan fingerprint density at radius 2 is 1.89 bits per heavy atom. The van der Waals surface area contributed by atoms with Gasteiger partial charge in [0.2, 0.25) is 0 Å². The number of nitrogens with zero attached hydrogens (tertiary/aromatic N) is 1. The van der Waals surface area contributed by atoms with Gasteiger partial charge in [0.05, 0.1) is 5.70 Å². The van der Waals surface area contributed by atoms with Crippen LogP contribution in [0.2, 0.25) is 0 Å². The van der Waals surface area contributed by atoms with E-state index in [1.165, 1.54) is 6.07 Å². The average molecular weight is 396 g/mol. The number of aromatic amines is 1. The Labute approximate surface area is 170 Å². The Hall–Kier alpha value is -2.99. The number of aromatic hydroxyl groups is 2. The molecule has 2 aromatic carbocycles. The van der Waals surface area contributed by atoms with Crippen LogP contribution in [0.3, 0.4) is 0 Å². The van der Waals surface area contributed by atoms with Crippen LogP contribution < -0.4 is 10.2 Å². The first-order chi connectivity index (χ1) is 13.2. The molecule has 28 heavy (non-hydrogen) atoms. The molecule has 0 amide bonds. The van der Waals surface area contributed by atoms with E-state index in [9.17, 15) is 10.2 Å². The van der Waals surface area contributed by atoms with Gasteiger partial charge < -0.3 is 20.5 Å². The summed E-state index contributed by atoms with van der Waals surface area (Å²) in [5, 5.41) is 25.2. The summed E-state index contributed by atoms with van der Waals surface area (Å²) in [4.78, 5) is 5.03. The van der Waals surface area contributed by atoms with Gasteiger partial charge in [0, 0.05) is 41.5 Å². The first kappa shape index (κ1) is 19.8. The zero-order valence-corrected chi connectivity index (χ0v) is 17.3. The largest absolute Gasteiger partial charge is 0.508 e. The zero-order valence-electron chi connectivity index (χ0n) is 16.5. The van der Waals surface area contributed by atoms with Crippen LogP contribution in [0.15, 0.2) is 43.1 Å². The second-order valence-electron chi connectivity index (χ2n) is 7.12. The monoisotopic (exact) mass is 395 g/mol. The normalized spacial score (nSPS) is 11.0. The fraction of sp³-hybridized carbons (Fsp3) is 0.227. The van der Waals surface area contributed by atoms with E-state index in [1.54, 1.807) is 18.0 Å². The number of fused-ring (bicyclic) bond motifs is 1. The molecule has 0 unspecified atom stereocenters. The van der Waals surface area contributed by atoms with Gasteiger partial charge in [-0.3, -0.25) is 4.90 Å². The first-order valence-corrected chi connectivity index (χ1v) is 9.50. The summed E-state index contributed by atoms with van der Waals surface area (Å²) < 4.78 is 0. The second kappa shape index (κ2) is 7.56. The van der Waals surface area contributed by atoms with Crippen LogP contribution in [0.1, 0.15) is 36.5 Å². The molecular weight excluding hydrogens is 370 g/mol.